The molecule has 0 amide bonds. The Kier molecular flexibility index (Phi) is 4.40. The molecule has 0 spiro atoms. The third kappa shape index (κ3) is 2.91. The van der Waals surface area contributed by atoms with Crippen molar-refractivity contribution in [2.24, 2.45) is 4.99 Å². The highest BCUT2D eigenvalue weighted by Gasteiger charge is 2.36. The summed E-state index contributed by atoms with van der Waals surface area (Å²) in [7, 11) is -3.57. The Hall–Kier alpha value is -1.22. The normalized spacial score (nSPS) is 27.8. The number of nitrogens with zero attached hydrogens (tertiary/aromatic N) is 3. The van der Waals surface area contributed by atoms with Gasteiger partial charge in [-0.15, -0.1) is 0 Å². The lowest BCUT2D eigenvalue weighted by Crippen LogP contribution is -2.48. The van der Waals surface area contributed by atoms with Gasteiger partial charge >= 0.3 is 0 Å². The Labute approximate surface area is 101 Å². The van der Waals surface area contributed by atoms with E-state index < -0.39 is 15.3 Å². The Balaban J connectivity index is 2.84. The molecule has 1 rings (SSSR count). The van der Waals surface area contributed by atoms with Crippen LogP contribution >= 0.6 is 0 Å². The lowest BCUT2D eigenvalue weighted by Gasteiger charge is -2.35. The van der Waals surface area contributed by atoms with E-state index in [1.165, 1.54) is 17.3 Å². The van der Waals surface area contributed by atoms with Gasteiger partial charge in [0.05, 0.1) is 12.1 Å². The van der Waals surface area contributed by atoms with Gasteiger partial charge in [0.15, 0.2) is 5.25 Å². The smallest absolute Gasteiger partial charge is 0.211 e. The van der Waals surface area contributed by atoms with Crippen molar-refractivity contribution in [1.29, 1.82) is 5.26 Å². The van der Waals surface area contributed by atoms with Crippen molar-refractivity contribution < 1.29 is 13.2 Å². The maximum absolute atomic E-state index is 12.0. The number of hydrogen-bond donors (Lipinski definition) is 0. The summed E-state index contributed by atoms with van der Waals surface area (Å²) < 4.78 is 25.3. The molecule has 7 heteroatoms. The van der Waals surface area contributed by atoms with Crippen LogP contribution < -0.4 is 0 Å². The van der Waals surface area contributed by atoms with E-state index in [0.29, 0.717) is 19.4 Å². The first kappa shape index (κ1) is 13.8. The lowest BCUT2D eigenvalue weighted by atomic mass is 10.0. The monoisotopic (exact) mass is 257 g/mol. The van der Waals surface area contributed by atoms with Crippen LogP contribution in [0.25, 0.3) is 0 Å². The first-order valence-corrected chi connectivity index (χ1v) is 6.91. The molecule has 3 atom stereocenters. The van der Waals surface area contributed by atoms with Gasteiger partial charge in [0.1, 0.15) is 0 Å². The molecule has 0 aromatic rings. The summed E-state index contributed by atoms with van der Waals surface area (Å²) in [5, 5.41) is 7.65. The number of nitriles is 1. The molecule has 17 heavy (non-hydrogen) atoms. The summed E-state index contributed by atoms with van der Waals surface area (Å²) >= 11 is 0. The fourth-order valence-corrected chi connectivity index (χ4v) is 3.45. The molecule has 0 radical (unpaired) electrons. The number of carbonyl (C=O) groups excluding carboxylic acids is 1. The van der Waals surface area contributed by atoms with Crippen LogP contribution in [0.5, 0.6) is 0 Å². The van der Waals surface area contributed by atoms with E-state index in [-0.39, 0.29) is 12.1 Å². The maximum atomic E-state index is 12.0. The molecule has 3 unspecified atom stereocenters. The van der Waals surface area contributed by atoms with Crippen LogP contribution in [0.2, 0.25) is 0 Å². The Bertz CT molecular complexity index is 462. The molecule has 0 aromatic heterocycles. The van der Waals surface area contributed by atoms with E-state index in [1.54, 1.807) is 13.0 Å². The van der Waals surface area contributed by atoms with Crippen LogP contribution in [0.15, 0.2) is 4.99 Å². The van der Waals surface area contributed by atoms with Gasteiger partial charge in [-0.05, 0) is 26.7 Å². The lowest BCUT2D eigenvalue weighted by molar-refractivity contribution is 0.247. The molecule has 0 saturated carbocycles. The first-order chi connectivity index (χ1) is 7.93. The van der Waals surface area contributed by atoms with Crippen LogP contribution in [-0.2, 0) is 14.8 Å². The molecule has 1 heterocycles. The van der Waals surface area contributed by atoms with Crippen molar-refractivity contribution in [2.45, 2.75) is 44.0 Å². The van der Waals surface area contributed by atoms with Gasteiger partial charge < -0.3 is 0 Å². The van der Waals surface area contributed by atoms with Gasteiger partial charge in [0.2, 0.25) is 16.1 Å². The first-order valence-electron chi connectivity index (χ1n) is 5.40. The second-order valence-corrected chi connectivity index (χ2v) is 6.38. The molecule has 1 aliphatic rings. The molecule has 0 aromatic carbocycles. The predicted molar refractivity (Wildman–Crippen MR) is 61.3 cm³/mol. The molecule has 1 aliphatic heterocycles. The fourth-order valence-electron chi connectivity index (χ4n) is 1.97. The average Bonchev–Trinajstić information content (AvgIpc) is 2.28. The minimum atomic E-state index is -3.57. The second-order valence-electron chi connectivity index (χ2n) is 4.17. The summed E-state index contributed by atoms with van der Waals surface area (Å²) in [6.07, 6.45) is 2.49. The van der Waals surface area contributed by atoms with Crippen molar-refractivity contribution in [3.8, 4) is 6.07 Å². The number of aliphatic imine (C=N–C) groups is 1. The summed E-state index contributed by atoms with van der Waals surface area (Å²) in [4.78, 5) is 13.8. The van der Waals surface area contributed by atoms with Crippen molar-refractivity contribution in [1.82, 2.24) is 4.31 Å². The van der Waals surface area contributed by atoms with Gasteiger partial charge in [0.25, 0.3) is 0 Å². The van der Waals surface area contributed by atoms with Gasteiger partial charge in [-0.2, -0.15) is 9.57 Å². The molecule has 1 fully saturated rings. The zero-order chi connectivity index (χ0) is 13.1. The maximum Gasteiger partial charge on any atom is 0.235 e. The highest BCUT2D eigenvalue weighted by Crippen LogP contribution is 2.24. The van der Waals surface area contributed by atoms with E-state index in [2.05, 4.69) is 4.99 Å². The van der Waals surface area contributed by atoms with Crippen molar-refractivity contribution in [3.05, 3.63) is 0 Å². The van der Waals surface area contributed by atoms with E-state index in [0.717, 1.165) is 0 Å². The van der Waals surface area contributed by atoms with E-state index >= 15 is 0 Å². The molecule has 1 saturated heterocycles. The van der Waals surface area contributed by atoms with Crippen LogP contribution in [-0.4, -0.2) is 42.7 Å². The molecule has 94 valence electrons. The van der Waals surface area contributed by atoms with E-state index in [1.807, 2.05) is 0 Å². The average molecular weight is 257 g/mol. The van der Waals surface area contributed by atoms with Crippen LogP contribution in [0.4, 0.5) is 0 Å². The third-order valence-corrected chi connectivity index (χ3v) is 5.17. The summed E-state index contributed by atoms with van der Waals surface area (Å²) in [6.45, 7) is 3.43. The highest BCUT2D eigenvalue weighted by molar-refractivity contribution is 7.90. The zero-order valence-electron chi connectivity index (χ0n) is 9.83. The van der Waals surface area contributed by atoms with Crippen molar-refractivity contribution in [3.63, 3.8) is 0 Å². The zero-order valence-corrected chi connectivity index (χ0v) is 10.6. The van der Waals surface area contributed by atoms with E-state index in [9.17, 15) is 13.2 Å². The van der Waals surface area contributed by atoms with Gasteiger partial charge in [-0.1, -0.05) is 0 Å². The summed E-state index contributed by atoms with van der Waals surface area (Å²) in [5.41, 5.74) is 0. The van der Waals surface area contributed by atoms with Crippen LogP contribution in [0.3, 0.4) is 0 Å². The number of hydrogen-bond acceptors (Lipinski definition) is 5. The predicted octanol–water partition coefficient (Wildman–Crippen LogP) is 0.417. The summed E-state index contributed by atoms with van der Waals surface area (Å²) in [6, 6.07) is 1.34. The number of isocyanates is 1. The topological polar surface area (TPSA) is 90.6 Å². The minimum Gasteiger partial charge on any atom is -0.211 e. The Morgan fingerprint density at radius 1 is 1.53 bits per heavy atom. The summed E-state index contributed by atoms with van der Waals surface area (Å²) in [5.74, 6) is 0. The molecular formula is C10H15N3O3S. The van der Waals surface area contributed by atoms with Gasteiger partial charge in [0, 0.05) is 12.6 Å². The number of piperidine rings is 1. The Morgan fingerprint density at radius 2 is 2.18 bits per heavy atom. The third-order valence-electron chi connectivity index (χ3n) is 2.98. The molecular weight excluding hydrogens is 242 g/mol. The van der Waals surface area contributed by atoms with Crippen LogP contribution in [0.1, 0.15) is 26.7 Å². The standard InChI is InChI=1S/C10H15N3O3S/c1-8-5-10(12-7-14)3-4-13(8)17(15,16)9(2)6-11/h8-10H,3-5H2,1-2H3. The molecule has 0 N–H and O–H groups in total. The van der Waals surface area contributed by atoms with Crippen LogP contribution in [0, 0.1) is 11.3 Å². The van der Waals surface area contributed by atoms with Gasteiger partial charge in [-0.25, -0.2) is 18.2 Å². The SMILES string of the molecule is CC1CC(N=C=O)CCN1S(=O)(=O)C(C)C#N. The van der Waals surface area contributed by atoms with Gasteiger partial charge in [-0.3, -0.25) is 0 Å². The molecule has 0 aliphatic carbocycles. The van der Waals surface area contributed by atoms with E-state index in [4.69, 9.17) is 5.26 Å². The fraction of sp³-hybridized carbons (Fsp3) is 0.800. The second kappa shape index (κ2) is 5.41. The highest BCUT2D eigenvalue weighted by atomic mass is 32.2. The molecule has 0 bridgehead atoms. The largest absolute Gasteiger partial charge is 0.235 e. The van der Waals surface area contributed by atoms with Crippen molar-refractivity contribution in [2.75, 3.05) is 6.54 Å². The minimum absolute atomic E-state index is 0.161. The number of rotatable bonds is 3. The van der Waals surface area contributed by atoms with Crippen molar-refractivity contribution >= 4 is 16.1 Å². The Morgan fingerprint density at radius 3 is 2.65 bits per heavy atom. The number of sulfonamides is 1. The molecule has 6 nitrogen and oxygen atoms in total. The quantitative estimate of drug-likeness (QED) is 0.541.